The average molecular weight is 645 g/mol. The van der Waals surface area contributed by atoms with Crippen LogP contribution in [0.25, 0.3) is 0 Å². The van der Waals surface area contributed by atoms with Crippen molar-refractivity contribution in [3.05, 3.63) is 97.9 Å². The minimum atomic E-state index is -3.97. The number of amides is 2. The van der Waals surface area contributed by atoms with Crippen LogP contribution in [0.4, 0.5) is 5.69 Å². The Morgan fingerprint density at radius 3 is 2.10 bits per heavy atom. The summed E-state index contributed by atoms with van der Waals surface area (Å²) in [5, 5.41) is 3.87. The van der Waals surface area contributed by atoms with E-state index >= 15 is 0 Å². The van der Waals surface area contributed by atoms with Gasteiger partial charge in [-0.05, 0) is 55.3 Å². The van der Waals surface area contributed by atoms with Gasteiger partial charge in [0.25, 0.3) is 0 Å². The van der Waals surface area contributed by atoms with Crippen LogP contribution in [0.1, 0.15) is 25.0 Å². The van der Waals surface area contributed by atoms with E-state index < -0.39 is 28.5 Å². The van der Waals surface area contributed by atoms with Crippen LogP contribution >= 0.6 is 46.4 Å². The Balaban J connectivity index is 2.09. The number of benzene rings is 3. The first-order valence-electron chi connectivity index (χ1n) is 12.3. The van der Waals surface area contributed by atoms with E-state index in [1.165, 1.54) is 23.1 Å². The van der Waals surface area contributed by atoms with E-state index in [9.17, 15) is 18.0 Å². The molecule has 3 rings (SSSR count). The van der Waals surface area contributed by atoms with Crippen molar-refractivity contribution in [1.29, 1.82) is 0 Å². The largest absolute Gasteiger partial charge is 0.352 e. The molecule has 7 nitrogen and oxygen atoms in total. The molecule has 0 fully saturated rings. The molecule has 0 saturated carbocycles. The monoisotopic (exact) mass is 643 g/mol. The van der Waals surface area contributed by atoms with Crippen molar-refractivity contribution in [2.45, 2.75) is 38.9 Å². The number of carbonyl (C=O) groups excluding carboxylic acids is 2. The molecule has 3 aromatic rings. The van der Waals surface area contributed by atoms with Crippen LogP contribution in [0.2, 0.25) is 20.1 Å². The Hall–Kier alpha value is -2.49. The second kappa shape index (κ2) is 13.9. The molecule has 12 heteroatoms. The zero-order valence-electron chi connectivity index (χ0n) is 22.1. The summed E-state index contributed by atoms with van der Waals surface area (Å²) in [6.45, 7) is 2.99. The number of anilines is 1. The van der Waals surface area contributed by atoms with Crippen molar-refractivity contribution in [2.75, 3.05) is 17.1 Å². The zero-order chi connectivity index (χ0) is 29.6. The first kappa shape index (κ1) is 32.0. The molecule has 1 atom stereocenters. The van der Waals surface area contributed by atoms with Crippen LogP contribution in [-0.4, -0.2) is 50.0 Å². The molecule has 0 heterocycles. The van der Waals surface area contributed by atoms with Gasteiger partial charge in [0.1, 0.15) is 12.6 Å². The standard InChI is InChI=1S/C28H29Cl4N3O4S/c1-18(2)33-28(37)26(14-19-7-5-4-6-8-19)34(16-20-9-11-22(30)23(31)13-20)27(36)17-35(40(3,38)39)25-12-10-21(29)15-24(25)32/h4-13,15,18,26H,14,16-17H2,1-3H3,(H,33,37)/t26-/m0/s1. The van der Waals surface area contributed by atoms with E-state index in [0.717, 1.165) is 16.1 Å². The number of hydrogen-bond donors (Lipinski definition) is 1. The molecule has 0 unspecified atom stereocenters. The zero-order valence-corrected chi connectivity index (χ0v) is 25.9. The second-order valence-electron chi connectivity index (χ2n) is 9.50. The molecule has 1 N–H and O–H groups in total. The Kier molecular flexibility index (Phi) is 11.1. The summed E-state index contributed by atoms with van der Waals surface area (Å²) in [5.41, 5.74) is 1.51. The lowest BCUT2D eigenvalue weighted by Crippen LogP contribution is -2.54. The Labute approximate surface area is 255 Å². The van der Waals surface area contributed by atoms with Crippen molar-refractivity contribution in [3.63, 3.8) is 0 Å². The third kappa shape index (κ3) is 8.75. The lowest BCUT2D eigenvalue weighted by Gasteiger charge is -2.34. The maximum Gasteiger partial charge on any atom is 0.244 e. The van der Waals surface area contributed by atoms with Gasteiger partial charge in [0.2, 0.25) is 21.8 Å². The van der Waals surface area contributed by atoms with Gasteiger partial charge >= 0.3 is 0 Å². The molecule has 0 aliphatic rings. The number of nitrogens with one attached hydrogen (secondary N) is 1. The van der Waals surface area contributed by atoms with E-state index in [1.54, 1.807) is 18.2 Å². The molecule has 40 heavy (non-hydrogen) atoms. The van der Waals surface area contributed by atoms with Crippen molar-refractivity contribution in [2.24, 2.45) is 0 Å². The van der Waals surface area contributed by atoms with Crippen molar-refractivity contribution in [3.8, 4) is 0 Å². The maximum absolute atomic E-state index is 14.0. The normalized spacial score (nSPS) is 12.2. The lowest BCUT2D eigenvalue weighted by atomic mass is 10.0. The molecule has 2 amide bonds. The van der Waals surface area contributed by atoms with Crippen molar-refractivity contribution < 1.29 is 18.0 Å². The highest BCUT2D eigenvalue weighted by Crippen LogP contribution is 2.31. The quantitative estimate of drug-likeness (QED) is 0.268. The molecule has 0 saturated heterocycles. The number of halogens is 4. The summed E-state index contributed by atoms with van der Waals surface area (Å²) >= 11 is 24.7. The van der Waals surface area contributed by atoms with Crippen LogP contribution in [0.15, 0.2) is 66.7 Å². The van der Waals surface area contributed by atoms with Gasteiger partial charge < -0.3 is 10.2 Å². The van der Waals surface area contributed by atoms with Crippen LogP contribution in [0, 0.1) is 0 Å². The Morgan fingerprint density at radius 2 is 1.52 bits per heavy atom. The SMILES string of the molecule is CC(C)NC(=O)[C@H](Cc1ccccc1)N(Cc1ccc(Cl)c(Cl)c1)C(=O)CN(c1ccc(Cl)cc1Cl)S(C)(=O)=O. The highest BCUT2D eigenvalue weighted by molar-refractivity contribution is 7.92. The summed E-state index contributed by atoms with van der Waals surface area (Å²) in [5.74, 6) is -1.01. The van der Waals surface area contributed by atoms with Crippen LogP contribution < -0.4 is 9.62 Å². The van der Waals surface area contributed by atoms with E-state index in [2.05, 4.69) is 5.32 Å². The van der Waals surface area contributed by atoms with Gasteiger partial charge in [-0.15, -0.1) is 0 Å². The van der Waals surface area contributed by atoms with Gasteiger partial charge in [-0.25, -0.2) is 8.42 Å². The first-order chi connectivity index (χ1) is 18.8. The van der Waals surface area contributed by atoms with E-state index in [0.29, 0.717) is 15.6 Å². The van der Waals surface area contributed by atoms with Crippen LogP contribution in [0.5, 0.6) is 0 Å². The molecule has 0 aromatic heterocycles. The first-order valence-corrected chi connectivity index (χ1v) is 15.6. The fourth-order valence-electron chi connectivity index (χ4n) is 4.05. The van der Waals surface area contributed by atoms with Crippen LogP contribution in [-0.2, 0) is 32.6 Å². The number of rotatable bonds is 11. The highest BCUT2D eigenvalue weighted by Gasteiger charge is 2.33. The molecule has 3 aromatic carbocycles. The van der Waals surface area contributed by atoms with Crippen LogP contribution in [0.3, 0.4) is 0 Å². The van der Waals surface area contributed by atoms with E-state index in [4.69, 9.17) is 46.4 Å². The van der Waals surface area contributed by atoms with Gasteiger partial charge in [0, 0.05) is 24.0 Å². The molecule has 0 radical (unpaired) electrons. The Morgan fingerprint density at radius 1 is 0.850 bits per heavy atom. The predicted molar refractivity (Wildman–Crippen MR) is 163 cm³/mol. The number of sulfonamides is 1. The lowest BCUT2D eigenvalue weighted by molar-refractivity contribution is -0.140. The predicted octanol–water partition coefficient (Wildman–Crippen LogP) is 6.23. The average Bonchev–Trinajstić information content (AvgIpc) is 2.86. The Bertz CT molecular complexity index is 1470. The third-order valence-corrected chi connectivity index (χ3v) is 8.30. The fourth-order valence-corrected chi connectivity index (χ4v) is 5.79. The topological polar surface area (TPSA) is 86.8 Å². The summed E-state index contributed by atoms with van der Waals surface area (Å²) in [6, 6.07) is 17.3. The van der Waals surface area contributed by atoms with Gasteiger partial charge in [-0.3, -0.25) is 13.9 Å². The molecule has 214 valence electrons. The van der Waals surface area contributed by atoms with E-state index in [1.807, 2.05) is 44.2 Å². The number of carbonyl (C=O) groups is 2. The molecule has 0 aliphatic carbocycles. The number of hydrogen-bond acceptors (Lipinski definition) is 4. The smallest absolute Gasteiger partial charge is 0.244 e. The minimum Gasteiger partial charge on any atom is -0.352 e. The van der Waals surface area contributed by atoms with Gasteiger partial charge in [0.15, 0.2) is 0 Å². The van der Waals surface area contributed by atoms with Gasteiger partial charge in [-0.2, -0.15) is 0 Å². The van der Waals surface area contributed by atoms with Gasteiger partial charge in [-0.1, -0.05) is 82.8 Å². The fraction of sp³-hybridized carbons (Fsp3) is 0.286. The molecule has 0 spiro atoms. The van der Waals surface area contributed by atoms with Crippen molar-refractivity contribution in [1.82, 2.24) is 10.2 Å². The van der Waals surface area contributed by atoms with Crippen molar-refractivity contribution >= 4 is 73.9 Å². The molecule has 0 aliphatic heterocycles. The highest BCUT2D eigenvalue weighted by atomic mass is 35.5. The molecule has 0 bridgehead atoms. The third-order valence-electron chi connectivity index (χ3n) is 5.90. The molecular formula is C28H29Cl4N3O4S. The maximum atomic E-state index is 14.0. The minimum absolute atomic E-state index is 0.0370. The second-order valence-corrected chi connectivity index (χ2v) is 13.1. The summed E-state index contributed by atoms with van der Waals surface area (Å²) in [6.07, 6.45) is 1.16. The summed E-state index contributed by atoms with van der Waals surface area (Å²) < 4.78 is 26.6. The summed E-state index contributed by atoms with van der Waals surface area (Å²) in [7, 11) is -3.97. The van der Waals surface area contributed by atoms with Gasteiger partial charge in [0.05, 0.1) is 27.0 Å². The van der Waals surface area contributed by atoms with E-state index in [-0.39, 0.29) is 40.6 Å². The molecular weight excluding hydrogens is 616 g/mol. The number of nitrogens with zero attached hydrogens (tertiary/aromatic N) is 2. The summed E-state index contributed by atoms with van der Waals surface area (Å²) in [4.78, 5) is 28.9.